The zero-order chi connectivity index (χ0) is 15.1. The average Bonchev–Trinajstić information content (AvgIpc) is 2.72. The third kappa shape index (κ3) is 5.08. The molecule has 1 heterocycles. The van der Waals surface area contributed by atoms with Crippen LogP contribution in [0.2, 0.25) is 0 Å². The van der Waals surface area contributed by atoms with E-state index in [0.717, 1.165) is 25.7 Å². The minimum atomic E-state index is 0.765. The molecule has 0 bridgehead atoms. The predicted octanol–water partition coefficient (Wildman–Crippen LogP) is 4.71. The summed E-state index contributed by atoms with van der Waals surface area (Å²) in [5.41, 5.74) is 2.78. The smallest absolute Gasteiger partial charge is 0.0247 e. The van der Waals surface area contributed by atoms with Gasteiger partial charge in [-0.1, -0.05) is 54.8 Å². The summed E-state index contributed by atoms with van der Waals surface area (Å²) in [6.07, 6.45) is 6.79. The predicted molar refractivity (Wildman–Crippen MR) is 94.5 cm³/mol. The van der Waals surface area contributed by atoms with Crippen LogP contribution in [0.3, 0.4) is 0 Å². The Morgan fingerprint density at radius 3 is 2.81 bits per heavy atom. The van der Waals surface area contributed by atoms with Crippen LogP contribution in [0.1, 0.15) is 57.1 Å². The Hall–Kier alpha value is -0.380. The number of likely N-dealkylation sites (tertiary alicyclic amines) is 1. The molecule has 1 aromatic rings. The van der Waals surface area contributed by atoms with Crippen molar-refractivity contribution in [3.63, 3.8) is 0 Å². The highest BCUT2D eigenvalue weighted by atomic mass is 79.9. The molecule has 0 saturated carbocycles. The fraction of sp³-hybridized carbons (Fsp3) is 0.667. The molecule has 0 amide bonds. The number of halogens is 1. The van der Waals surface area contributed by atoms with Crippen molar-refractivity contribution in [3.05, 3.63) is 33.8 Å². The molecule has 1 aromatic carbocycles. The fourth-order valence-electron chi connectivity index (χ4n) is 3.22. The van der Waals surface area contributed by atoms with E-state index in [4.69, 9.17) is 0 Å². The molecular weight excluding hydrogens is 324 g/mol. The van der Waals surface area contributed by atoms with Crippen LogP contribution in [0, 0.1) is 0 Å². The lowest BCUT2D eigenvalue weighted by Gasteiger charge is -2.29. The van der Waals surface area contributed by atoms with E-state index >= 15 is 0 Å². The summed E-state index contributed by atoms with van der Waals surface area (Å²) in [5.74, 6) is 0. The molecule has 3 heteroatoms. The number of benzene rings is 1. The first-order valence-electron chi connectivity index (χ1n) is 8.46. The third-order valence-corrected chi connectivity index (χ3v) is 5.28. The Labute approximate surface area is 138 Å². The van der Waals surface area contributed by atoms with E-state index in [2.05, 4.69) is 58.2 Å². The molecule has 1 unspecified atom stereocenters. The molecule has 1 saturated heterocycles. The van der Waals surface area contributed by atoms with Gasteiger partial charge in [0.05, 0.1) is 0 Å². The highest BCUT2D eigenvalue weighted by Gasteiger charge is 2.20. The number of hydrogen-bond acceptors (Lipinski definition) is 2. The quantitative estimate of drug-likeness (QED) is 0.797. The van der Waals surface area contributed by atoms with Gasteiger partial charge < -0.3 is 5.32 Å². The van der Waals surface area contributed by atoms with Gasteiger partial charge >= 0.3 is 0 Å². The molecule has 1 fully saturated rings. The number of nitrogens with one attached hydrogen (secondary N) is 1. The second-order valence-electron chi connectivity index (χ2n) is 6.09. The van der Waals surface area contributed by atoms with Gasteiger partial charge in [0, 0.05) is 23.6 Å². The Kier molecular flexibility index (Phi) is 7.21. The van der Waals surface area contributed by atoms with Crippen LogP contribution >= 0.6 is 15.9 Å². The van der Waals surface area contributed by atoms with E-state index < -0.39 is 0 Å². The first-order chi connectivity index (χ1) is 10.2. The molecule has 118 valence electrons. The number of hydrogen-bond donors (Lipinski definition) is 1. The van der Waals surface area contributed by atoms with E-state index in [-0.39, 0.29) is 0 Å². The molecular formula is C18H29BrN2. The average molecular weight is 353 g/mol. The topological polar surface area (TPSA) is 15.3 Å². The summed E-state index contributed by atoms with van der Waals surface area (Å²) in [7, 11) is 0. The molecule has 0 radical (unpaired) electrons. The molecule has 0 aliphatic carbocycles. The largest absolute Gasteiger partial charge is 0.313 e. The van der Waals surface area contributed by atoms with Crippen LogP contribution < -0.4 is 5.32 Å². The normalized spacial score (nSPS) is 20.4. The Balaban J connectivity index is 2.03. The lowest BCUT2D eigenvalue weighted by Crippen LogP contribution is -2.33. The molecule has 21 heavy (non-hydrogen) atoms. The molecule has 1 atom stereocenters. The van der Waals surface area contributed by atoms with Gasteiger partial charge in [-0.25, -0.2) is 0 Å². The number of nitrogens with zero attached hydrogens (tertiary/aromatic N) is 1. The van der Waals surface area contributed by atoms with E-state index in [0.29, 0.717) is 0 Å². The zero-order valence-electron chi connectivity index (χ0n) is 13.5. The van der Waals surface area contributed by atoms with Crippen molar-refractivity contribution >= 4 is 15.9 Å². The molecule has 1 aliphatic rings. The first-order valence-corrected chi connectivity index (χ1v) is 9.26. The van der Waals surface area contributed by atoms with Crippen molar-refractivity contribution in [2.75, 3.05) is 13.1 Å². The van der Waals surface area contributed by atoms with Gasteiger partial charge in [0.2, 0.25) is 0 Å². The molecule has 2 nitrogen and oxygen atoms in total. The van der Waals surface area contributed by atoms with E-state index in [1.165, 1.54) is 54.2 Å². The lowest BCUT2D eigenvalue weighted by molar-refractivity contribution is 0.186. The van der Waals surface area contributed by atoms with E-state index in [9.17, 15) is 0 Å². The second kappa shape index (κ2) is 8.92. The number of rotatable bonds is 6. The minimum Gasteiger partial charge on any atom is -0.313 e. The Morgan fingerprint density at radius 2 is 2.10 bits per heavy atom. The monoisotopic (exact) mass is 352 g/mol. The van der Waals surface area contributed by atoms with Crippen LogP contribution in [0.5, 0.6) is 0 Å². The maximum absolute atomic E-state index is 3.77. The zero-order valence-corrected chi connectivity index (χ0v) is 15.1. The van der Waals surface area contributed by atoms with Crippen LogP contribution in [0.4, 0.5) is 0 Å². The van der Waals surface area contributed by atoms with Crippen molar-refractivity contribution in [2.24, 2.45) is 0 Å². The van der Waals surface area contributed by atoms with Crippen molar-refractivity contribution < 1.29 is 0 Å². The summed E-state index contributed by atoms with van der Waals surface area (Å²) >= 11 is 3.77. The van der Waals surface area contributed by atoms with Crippen molar-refractivity contribution in [1.29, 1.82) is 0 Å². The van der Waals surface area contributed by atoms with Crippen LogP contribution in [-0.2, 0) is 13.1 Å². The molecule has 0 spiro atoms. The summed E-state index contributed by atoms with van der Waals surface area (Å²) in [6.45, 7) is 8.79. The fourth-order valence-corrected chi connectivity index (χ4v) is 3.78. The Bertz CT molecular complexity index is 433. The molecule has 0 aromatic heterocycles. The van der Waals surface area contributed by atoms with Crippen molar-refractivity contribution in [3.8, 4) is 0 Å². The standard InChI is InChI=1S/C18H29BrN2/c1-3-17-8-6-5-7-11-21(17)14-16-10-9-15(12-18(16)19)13-20-4-2/h9-10,12,17,20H,3-8,11,13-14H2,1-2H3. The molecule has 1 aliphatic heterocycles. The SMILES string of the molecule is CCNCc1ccc(CN2CCCCCC2CC)c(Br)c1. The Morgan fingerprint density at radius 1 is 1.24 bits per heavy atom. The van der Waals surface area contributed by atoms with Gasteiger partial charge in [-0.05, 0) is 49.5 Å². The summed E-state index contributed by atoms with van der Waals surface area (Å²) in [5, 5.41) is 3.39. The highest BCUT2D eigenvalue weighted by Crippen LogP contribution is 2.25. The maximum Gasteiger partial charge on any atom is 0.0247 e. The minimum absolute atomic E-state index is 0.765. The molecule has 1 N–H and O–H groups in total. The van der Waals surface area contributed by atoms with Gasteiger partial charge in [-0.15, -0.1) is 0 Å². The van der Waals surface area contributed by atoms with Crippen LogP contribution in [0.15, 0.2) is 22.7 Å². The second-order valence-corrected chi connectivity index (χ2v) is 6.94. The van der Waals surface area contributed by atoms with Crippen molar-refractivity contribution in [1.82, 2.24) is 10.2 Å². The highest BCUT2D eigenvalue weighted by molar-refractivity contribution is 9.10. The van der Waals surface area contributed by atoms with Gasteiger partial charge in [-0.3, -0.25) is 4.90 Å². The lowest BCUT2D eigenvalue weighted by atomic mass is 10.1. The maximum atomic E-state index is 3.77. The van der Waals surface area contributed by atoms with Gasteiger partial charge in [0.15, 0.2) is 0 Å². The third-order valence-electron chi connectivity index (χ3n) is 4.54. The van der Waals surface area contributed by atoms with E-state index in [1.54, 1.807) is 0 Å². The summed E-state index contributed by atoms with van der Waals surface area (Å²) in [4.78, 5) is 2.69. The summed E-state index contributed by atoms with van der Waals surface area (Å²) in [6, 6.07) is 7.60. The van der Waals surface area contributed by atoms with Crippen LogP contribution in [-0.4, -0.2) is 24.0 Å². The first kappa shape index (κ1) is 17.0. The van der Waals surface area contributed by atoms with Crippen molar-refractivity contribution in [2.45, 2.75) is 65.1 Å². The van der Waals surface area contributed by atoms with Crippen LogP contribution in [0.25, 0.3) is 0 Å². The molecule has 2 rings (SSSR count). The van der Waals surface area contributed by atoms with Gasteiger partial charge in [0.25, 0.3) is 0 Å². The van der Waals surface area contributed by atoms with Gasteiger partial charge in [-0.2, -0.15) is 0 Å². The van der Waals surface area contributed by atoms with Gasteiger partial charge in [0.1, 0.15) is 0 Å². The summed E-state index contributed by atoms with van der Waals surface area (Å²) < 4.78 is 1.26. The van der Waals surface area contributed by atoms with E-state index in [1.807, 2.05) is 0 Å².